The number of hydrogen-bond donors (Lipinski definition) is 0. The predicted octanol–water partition coefficient (Wildman–Crippen LogP) is 3.85. The normalized spacial score (nSPS) is 16.8. The SMILES string of the molecule is CC1=CC(c2ccc(N(C)C)cc2)=CC(=C2C=CC(=[N+](C)C)C=C2)[Se]1. The third kappa shape index (κ3) is 4.12. The molecule has 1 aromatic rings. The van der Waals surface area contributed by atoms with Crippen LogP contribution < -0.4 is 4.90 Å². The van der Waals surface area contributed by atoms with E-state index in [-0.39, 0.29) is 0 Å². The van der Waals surface area contributed by atoms with E-state index in [0.29, 0.717) is 15.0 Å². The molecule has 3 heteroatoms. The average Bonchev–Trinajstić information content (AvgIpc) is 2.61. The van der Waals surface area contributed by atoms with Gasteiger partial charge < -0.3 is 0 Å². The van der Waals surface area contributed by atoms with Gasteiger partial charge in [0, 0.05) is 0 Å². The van der Waals surface area contributed by atoms with Gasteiger partial charge in [-0.25, -0.2) is 0 Å². The van der Waals surface area contributed by atoms with Crippen molar-refractivity contribution in [2.75, 3.05) is 33.1 Å². The third-order valence-electron chi connectivity index (χ3n) is 4.30. The Balaban J connectivity index is 1.96. The zero-order valence-corrected chi connectivity index (χ0v) is 17.3. The first-order chi connectivity index (χ1) is 11.9. The predicted molar refractivity (Wildman–Crippen MR) is 111 cm³/mol. The number of nitrogens with zero attached hydrogens (tertiary/aromatic N) is 2. The Morgan fingerprint density at radius 1 is 0.880 bits per heavy atom. The van der Waals surface area contributed by atoms with Crippen molar-refractivity contribution < 1.29 is 4.58 Å². The van der Waals surface area contributed by atoms with Gasteiger partial charge in [0.05, 0.1) is 0 Å². The van der Waals surface area contributed by atoms with E-state index < -0.39 is 0 Å². The molecule has 2 aliphatic rings. The summed E-state index contributed by atoms with van der Waals surface area (Å²) in [7, 11) is 8.30. The molecule has 1 heterocycles. The van der Waals surface area contributed by atoms with Crippen molar-refractivity contribution in [1.82, 2.24) is 0 Å². The average molecular weight is 396 g/mol. The molecule has 2 nitrogen and oxygen atoms in total. The maximum absolute atomic E-state index is 2.36. The van der Waals surface area contributed by atoms with Crippen LogP contribution in [0.1, 0.15) is 12.5 Å². The van der Waals surface area contributed by atoms with E-state index in [4.69, 9.17) is 0 Å². The van der Waals surface area contributed by atoms with Gasteiger partial charge in [-0.3, -0.25) is 0 Å². The van der Waals surface area contributed by atoms with Crippen LogP contribution in [0, 0.1) is 0 Å². The molecule has 1 aliphatic carbocycles. The van der Waals surface area contributed by atoms with E-state index in [1.54, 1.807) is 0 Å². The van der Waals surface area contributed by atoms with Crippen LogP contribution in [0.25, 0.3) is 5.57 Å². The summed E-state index contributed by atoms with van der Waals surface area (Å²) in [6, 6.07) is 8.81. The van der Waals surface area contributed by atoms with Crippen molar-refractivity contribution in [3.05, 3.63) is 80.8 Å². The second kappa shape index (κ2) is 7.43. The first-order valence-electron chi connectivity index (χ1n) is 8.44. The standard InChI is InChI=1S/C22H25N2Se/c1-16-14-19(17-6-10-20(11-7-17)23(2)3)15-22(25-16)18-8-12-21(13-9-18)24(4)5/h6-15H,1-5H3/q+1. The van der Waals surface area contributed by atoms with Gasteiger partial charge in [-0.1, -0.05) is 0 Å². The summed E-state index contributed by atoms with van der Waals surface area (Å²) < 4.78 is 5.05. The van der Waals surface area contributed by atoms with Gasteiger partial charge in [-0.15, -0.1) is 0 Å². The summed E-state index contributed by atoms with van der Waals surface area (Å²) in [6.07, 6.45) is 13.6. The Morgan fingerprint density at radius 3 is 2.08 bits per heavy atom. The van der Waals surface area contributed by atoms with Gasteiger partial charge >= 0.3 is 157 Å². The van der Waals surface area contributed by atoms with Crippen molar-refractivity contribution in [2.45, 2.75) is 6.92 Å². The van der Waals surface area contributed by atoms with Crippen LogP contribution in [0.15, 0.2) is 75.2 Å². The second-order valence-electron chi connectivity index (χ2n) is 6.70. The first-order valence-corrected chi connectivity index (χ1v) is 10.2. The molecule has 0 bridgehead atoms. The van der Waals surface area contributed by atoms with Crippen molar-refractivity contribution in [1.29, 1.82) is 0 Å². The maximum atomic E-state index is 2.36. The molecule has 0 fully saturated rings. The Labute approximate surface area is 157 Å². The molecule has 1 aliphatic heterocycles. The van der Waals surface area contributed by atoms with Gasteiger partial charge in [0.25, 0.3) is 0 Å². The molecule has 0 N–H and O–H groups in total. The van der Waals surface area contributed by atoms with Crippen LogP contribution >= 0.6 is 0 Å². The van der Waals surface area contributed by atoms with Gasteiger partial charge in [-0.2, -0.15) is 0 Å². The molecule has 0 radical (unpaired) electrons. The Morgan fingerprint density at radius 2 is 1.52 bits per heavy atom. The zero-order chi connectivity index (χ0) is 18.0. The Kier molecular flexibility index (Phi) is 5.27. The molecule has 128 valence electrons. The van der Waals surface area contributed by atoms with Gasteiger partial charge in [0.2, 0.25) is 0 Å². The van der Waals surface area contributed by atoms with Crippen LogP contribution in [0.3, 0.4) is 0 Å². The van der Waals surface area contributed by atoms with E-state index in [1.165, 1.54) is 37.1 Å². The molecule has 0 spiro atoms. The van der Waals surface area contributed by atoms with Crippen LogP contribution in [0.2, 0.25) is 0 Å². The molecular formula is C22H25N2Se+. The fraction of sp³-hybridized carbons (Fsp3) is 0.227. The second-order valence-corrected chi connectivity index (χ2v) is 9.41. The minimum absolute atomic E-state index is 0.396. The summed E-state index contributed by atoms with van der Waals surface area (Å²) in [5.74, 6) is 0. The quantitative estimate of drug-likeness (QED) is 0.544. The number of benzene rings is 1. The molecule has 0 aromatic heterocycles. The van der Waals surface area contributed by atoms with Crippen molar-refractivity contribution in [3.8, 4) is 0 Å². The first kappa shape index (κ1) is 17.7. The fourth-order valence-corrected chi connectivity index (χ4v) is 4.86. The van der Waals surface area contributed by atoms with Gasteiger partial charge in [0.15, 0.2) is 0 Å². The molecule has 0 amide bonds. The Hall–Kier alpha value is -2.09. The van der Waals surface area contributed by atoms with Crippen molar-refractivity contribution in [3.63, 3.8) is 0 Å². The minimum atomic E-state index is 0.396. The summed E-state index contributed by atoms with van der Waals surface area (Å²) >= 11 is 0.396. The van der Waals surface area contributed by atoms with Crippen LogP contribution in [0.5, 0.6) is 0 Å². The summed E-state index contributed by atoms with van der Waals surface area (Å²) in [6.45, 7) is 2.25. The molecule has 0 saturated carbocycles. The van der Waals surface area contributed by atoms with Crippen LogP contribution in [-0.2, 0) is 0 Å². The molecule has 1 aromatic carbocycles. The Bertz CT molecular complexity index is 838. The van der Waals surface area contributed by atoms with Crippen LogP contribution in [-0.4, -0.2) is 53.4 Å². The summed E-state index contributed by atoms with van der Waals surface area (Å²) in [4.78, 5) is 2.13. The van der Waals surface area contributed by atoms with E-state index in [2.05, 4.69) is 105 Å². The van der Waals surface area contributed by atoms with Gasteiger partial charge in [0.1, 0.15) is 0 Å². The third-order valence-corrected chi connectivity index (χ3v) is 6.43. The monoisotopic (exact) mass is 397 g/mol. The van der Waals surface area contributed by atoms with Gasteiger partial charge in [-0.05, 0) is 0 Å². The number of anilines is 1. The number of allylic oxidation sites excluding steroid dienone is 10. The van der Waals surface area contributed by atoms with Crippen molar-refractivity contribution >= 4 is 31.9 Å². The number of rotatable bonds is 2. The molecule has 25 heavy (non-hydrogen) atoms. The summed E-state index contributed by atoms with van der Waals surface area (Å²) in [5.41, 5.74) is 6.39. The molecule has 0 unspecified atom stereocenters. The molecular weight excluding hydrogens is 371 g/mol. The van der Waals surface area contributed by atoms with E-state index in [0.717, 1.165) is 0 Å². The van der Waals surface area contributed by atoms with E-state index in [1.807, 2.05) is 0 Å². The van der Waals surface area contributed by atoms with Crippen molar-refractivity contribution in [2.24, 2.45) is 0 Å². The van der Waals surface area contributed by atoms with E-state index in [9.17, 15) is 0 Å². The molecule has 0 saturated heterocycles. The molecule has 0 atom stereocenters. The van der Waals surface area contributed by atoms with E-state index >= 15 is 0 Å². The zero-order valence-electron chi connectivity index (χ0n) is 15.6. The summed E-state index contributed by atoms with van der Waals surface area (Å²) in [5, 5.41) is 0. The molecule has 3 rings (SSSR count). The topological polar surface area (TPSA) is 6.25 Å². The van der Waals surface area contributed by atoms with Crippen LogP contribution in [0.4, 0.5) is 5.69 Å². The fourth-order valence-electron chi connectivity index (χ4n) is 2.82. The number of hydrogen-bond acceptors (Lipinski definition) is 1.